The van der Waals surface area contributed by atoms with Crippen molar-refractivity contribution in [2.24, 2.45) is 11.3 Å². The molecule has 1 aliphatic carbocycles. The molecule has 5 nitrogen and oxygen atoms in total. The van der Waals surface area contributed by atoms with Crippen LogP contribution in [0.5, 0.6) is 0 Å². The van der Waals surface area contributed by atoms with E-state index in [0.29, 0.717) is 12.5 Å². The van der Waals surface area contributed by atoms with Crippen LogP contribution in [-0.2, 0) is 10.0 Å². The zero-order valence-electron chi connectivity index (χ0n) is 12.1. The summed E-state index contributed by atoms with van der Waals surface area (Å²) in [6.07, 6.45) is 0.977. The molecule has 0 heterocycles. The molecule has 1 unspecified atom stereocenters. The van der Waals surface area contributed by atoms with Gasteiger partial charge < -0.3 is 5.11 Å². The molecule has 0 spiro atoms. The van der Waals surface area contributed by atoms with Gasteiger partial charge in [0.25, 0.3) is 0 Å². The number of sulfonamides is 1. The van der Waals surface area contributed by atoms with Crippen molar-refractivity contribution >= 4 is 27.6 Å². The minimum atomic E-state index is -3.77. The van der Waals surface area contributed by atoms with E-state index in [1.807, 2.05) is 0 Å². The number of carbonyl (C=O) groups is 1. The zero-order valence-corrected chi connectivity index (χ0v) is 13.7. The molecule has 0 radical (unpaired) electrons. The Balaban J connectivity index is 2.29. The maximum Gasteiger partial charge on any atom is 0.336 e. The van der Waals surface area contributed by atoms with Gasteiger partial charge in [-0.1, -0.05) is 25.4 Å². The van der Waals surface area contributed by atoms with E-state index < -0.39 is 16.0 Å². The van der Waals surface area contributed by atoms with Crippen LogP contribution in [0.1, 0.15) is 36.2 Å². The molecule has 1 fully saturated rings. The van der Waals surface area contributed by atoms with Crippen LogP contribution in [0.15, 0.2) is 17.0 Å². The third-order valence-electron chi connectivity index (χ3n) is 4.08. The molecule has 1 atom stereocenters. The van der Waals surface area contributed by atoms with Crippen molar-refractivity contribution in [1.82, 2.24) is 4.72 Å². The van der Waals surface area contributed by atoms with Gasteiger partial charge in [-0.2, -0.15) is 0 Å². The van der Waals surface area contributed by atoms with Crippen LogP contribution in [0.3, 0.4) is 0 Å². The van der Waals surface area contributed by atoms with Crippen LogP contribution in [0.2, 0.25) is 5.02 Å². The van der Waals surface area contributed by atoms with E-state index in [0.717, 1.165) is 6.42 Å². The van der Waals surface area contributed by atoms with Gasteiger partial charge in [-0.3, -0.25) is 0 Å². The minimum Gasteiger partial charge on any atom is -0.478 e. The Bertz CT molecular complexity index is 697. The maximum absolute atomic E-state index is 12.4. The molecule has 1 aromatic rings. The maximum atomic E-state index is 12.4. The summed E-state index contributed by atoms with van der Waals surface area (Å²) >= 11 is 5.84. The van der Waals surface area contributed by atoms with Crippen LogP contribution >= 0.6 is 11.6 Å². The van der Waals surface area contributed by atoms with Gasteiger partial charge in [-0.15, -0.1) is 0 Å². The number of rotatable bonds is 5. The van der Waals surface area contributed by atoms with Crippen molar-refractivity contribution in [3.63, 3.8) is 0 Å². The highest BCUT2D eigenvalue weighted by Gasteiger charge is 2.45. The highest BCUT2D eigenvalue weighted by atomic mass is 35.5. The first-order chi connectivity index (χ1) is 9.54. The standard InChI is InChI=1S/C14H18ClNO4S/c1-8-11(13(17)18)4-10(15)5-12(8)21(19,20)16-7-9-6-14(9,2)3/h4-5,9,16H,6-7H2,1-3H3,(H,17,18). The molecule has 1 aliphatic rings. The lowest BCUT2D eigenvalue weighted by Gasteiger charge is -2.12. The monoisotopic (exact) mass is 331 g/mol. The van der Waals surface area contributed by atoms with Gasteiger partial charge >= 0.3 is 5.97 Å². The summed E-state index contributed by atoms with van der Waals surface area (Å²) in [6, 6.07) is 2.53. The largest absolute Gasteiger partial charge is 0.478 e. The van der Waals surface area contributed by atoms with Crippen molar-refractivity contribution in [2.45, 2.75) is 32.1 Å². The fourth-order valence-corrected chi connectivity index (χ4v) is 4.02. The van der Waals surface area contributed by atoms with E-state index in [-0.39, 0.29) is 26.5 Å². The molecular formula is C14H18ClNO4S. The summed E-state index contributed by atoms with van der Waals surface area (Å²) in [7, 11) is -3.77. The van der Waals surface area contributed by atoms with E-state index in [2.05, 4.69) is 18.6 Å². The fourth-order valence-electron chi connectivity index (χ4n) is 2.37. The predicted molar refractivity (Wildman–Crippen MR) is 80.2 cm³/mol. The molecular weight excluding hydrogens is 314 g/mol. The van der Waals surface area contributed by atoms with E-state index in [1.165, 1.54) is 19.1 Å². The normalized spacial score (nSPS) is 20.3. The van der Waals surface area contributed by atoms with Crippen LogP contribution < -0.4 is 4.72 Å². The Morgan fingerprint density at radius 1 is 1.48 bits per heavy atom. The second-order valence-electron chi connectivity index (χ2n) is 6.12. The molecule has 1 saturated carbocycles. The summed E-state index contributed by atoms with van der Waals surface area (Å²) in [6.45, 7) is 5.98. The molecule has 2 rings (SSSR count). The predicted octanol–water partition coefficient (Wildman–Crippen LogP) is 2.67. The zero-order chi connectivity index (χ0) is 16.0. The summed E-state index contributed by atoms with van der Waals surface area (Å²) < 4.78 is 27.3. The van der Waals surface area contributed by atoms with Gasteiger partial charge in [-0.25, -0.2) is 17.9 Å². The third-order valence-corrected chi connectivity index (χ3v) is 5.85. The Hall–Kier alpha value is -1.11. The lowest BCUT2D eigenvalue weighted by Crippen LogP contribution is -2.28. The second kappa shape index (κ2) is 5.26. The van der Waals surface area contributed by atoms with Crippen molar-refractivity contribution in [2.75, 3.05) is 6.54 Å². The number of aromatic carboxylic acids is 1. The topological polar surface area (TPSA) is 83.5 Å². The van der Waals surface area contributed by atoms with E-state index in [1.54, 1.807) is 0 Å². The number of carboxylic acid groups (broad SMARTS) is 1. The molecule has 0 bridgehead atoms. The van der Waals surface area contributed by atoms with Gasteiger partial charge in [0.05, 0.1) is 10.5 Å². The molecule has 0 aromatic heterocycles. The second-order valence-corrected chi connectivity index (χ2v) is 8.29. The lowest BCUT2D eigenvalue weighted by molar-refractivity contribution is 0.0696. The van der Waals surface area contributed by atoms with Gasteiger partial charge in [0.1, 0.15) is 0 Å². The van der Waals surface area contributed by atoms with Crippen LogP contribution in [-0.4, -0.2) is 26.0 Å². The SMILES string of the molecule is Cc1c(C(=O)O)cc(Cl)cc1S(=O)(=O)NCC1CC1(C)C. The Kier molecular flexibility index (Phi) is 4.08. The smallest absolute Gasteiger partial charge is 0.336 e. The number of halogens is 1. The summed E-state index contributed by atoms with van der Waals surface area (Å²) in [5, 5.41) is 9.19. The van der Waals surface area contributed by atoms with E-state index >= 15 is 0 Å². The number of carboxylic acids is 1. The van der Waals surface area contributed by atoms with E-state index in [4.69, 9.17) is 16.7 Å². The average molecular weight is 332 g/mol. The third kappa shape index (κ3) is 3.39. The first-order valence-electron chi connectivity index (χ1n) is 6.58. The van der Waals surface area contributed by atoms with Gasteiger partial charge in [-0.05, 0) is 42.4 Å². The molecule has 21 heavy (non-hydrogen) atoms. The molecule has 0 amide bonds. The summed E-state index contributed by atoms with van der Waals surface area (Å²) in [5.74, 6) is -0.888. The Morgan fingerprint density at radius 3 is 2.52 bits per heavy atom. The van der Waals surface area contributed by atoms with Gasteiger partial charge in [0, 0.05) is 11.6 Å². The molecule has 7 heteroatoms. The first kappa shape index (κ1) is 16.3. The quantitative estimate of drug-likeness (QED) is 0.868. The highest BCUT2D eigenvalue weighted by Crippen LogP contribution is 2.51. The number of hydrogen-bond donors (Lipinski definition) is 2. The molecule has 1 aromatic carbocycles. The van der Waals surface area contributed by atoms with E-state index in [9.17, 15) is 13.2 Å². The molecule has 0 aliphatic heterocycles. The minimum absolute atomic E-state index is 0.0779. The van der Waals surface area contributed by atoms with Crippen LogP contribution in [0.25, 0.3) is 0 Å². The van der Waals surface area contributed by atoms with Crippen molar-refractivity contribution in [3.8, 4) is 0 Å². The van der Waals surface area contributed by atoms with Gasteiger partial charge in [0.15, 0.2) is 0 Å². The number of nitrogens with one attached hydrogen (secondary N) is 1. The molecule has 2 N–H and O–H groups in total. The lowest BCUT2D eigenvalue weighted by atomic mass is 10.1. The van der Waals surface area contributed by atoms with Crippen LogP contribution in [0.4, 0.5) is 0 Å². The summed E-state index contributed by atoms with van der Waals surface area (Å²) in [5.41, 5.74) is 0.252. The molecule has 0 saturated heterocycles. The number of benzene rings is 1. The first-order valence-corrected chi connectivity index (χ1v) is 8.44. The van der Waals surface area contributed by atoms with Crippen molar-refractivity contribution in [3.05, 3.63) is 28.3 Å². The average Bonchev–Trinajstić information content (AvgIpc) is 2.97. The Morgan fingerprint density at radius 2 is 2.05 bits per heavy atom. The highest BCUT2D eigenvalue weighted by molar-refractivity contribution is 7.89. The van der Waals surface area contributed by atoms with Gasteiger partial charge in [0.2, 0.25) is 10.0 Å². The Labute approximate surface area is 129 Å². The fraction of sp³-hybridized carbons (Fsp3) is 0.500. The summed E-state index contributed by atoms with van der Waals surface area (Å²) in [4.78, 5) is 11.1. The number of hydrogen-bond acceptors (Lipinski definition) is 3. The van der Waals surface area contributed by atoms with Crippen molar-refractivity contribution < 1.29 is 18.3 Å². The molecule has 116 valence electrons. The van der Waals surface area contributed by atoms with Crippen molar-refractivity contribution in [1.29, 1.82) is 0 Å². The van der Waals surface area contributed by atoms with Crippen LogP contribution in [0, 0.1) is 18.3 Å².